The molecule has 0 unspecified atom stereocenters. The quantitative estimate of drug-likeness (QED) is 0.709. The third-order valence-electron chi connectivity index (χ3n) is 3.64. The zero-order valence-electron chi connectivity index (χ0n) is 12.8. The van der Waals surface area contributed by atoms with Gasteiger partial charge in [0.25, 0.3) is 0 Å². The van der Waals surface area contributed by atoms with Crippen LogP contribution < -0.4 is 4.74 Å². The minimum absolute atomic E-state index is 0.121. The molecule has 4 nitrogen and oxygen atoms in total. The summed E-state index contributed by atoms with van der Waals surface area (Å²) >= 11 is 0. The van der Waals surface area contributed by atoms with Gasteiger partial charge in [0, 0.05) is 17.1 Å². The molecule has 2 N–H and O–H groups in total. The summed E-state index contributed by atoms with van der Waals surface area (Å²) in [7, 11) is 1.62. The van der Waals surface area contributed by atoms with Gasteiger partial charge in [0.1, 0.15) is 11.4 Å². The van der Waals surface area contributed by atoms with Gasteiger partial charge < -0.3 is 14.8 Å². The molecular weight excluding hydrogens is 276 g/mol. The third kappa shape index (κ3) is 2.55. The lowest BCUT2D eigenvalue weighted by Gasteiger charge is -2.04. The average Bonchev–Trinajstić information content (AvgIpc) is 2.80. The summed E-state index contributed by atoms with van der Waals surface area (Å²) in [6.07, 6.45) is 1.67. The number of aryl methyl sites for hydroxylation is 2. The van der Waals surface area contributed by atoms with Crippen LogP contribution in [0.5, 0.6) is 11.6 Å². The number of benzene rings is 2. The van der Waals surface area contributed by atoms with E-state index in [9.17, 15) is 5.11 Å². The van der Waals surface area contributed by atoms with Gasteiger partial charge in [-0.15, -0.1) is 0 Å². The minimum atomic E-state index is 0.121. The highest BCUT2D eigenvalue weighted by Gasteiger charge is 2.09. The first-order valence-electron chi connectivity index (χ1n) is 7.08. The Morgan fingerprint density at radius 3 is 2.59 bits per heavy atom. The number of aromatic amines is 1. The number of fused-ring (bicyclic) bond motifs is 1. The molecule has 112 valence electrons. The average molecular weight is 294 g/mol. The number of H-pyrrole nitrogens is 1. The Hall–Kier alpha value is -2.75. The predicted octanol–water partition coefficient (Wildman–Crippen LogP) is 4.25. The molecule has 4 heteroatoms. The smallest absolute Gasteiger partial charge is 0.198 e. The molecule has 22 heavy (non-hydrogen) atoms. The van der Waals surface area contributed by atoms with Gasteiger partial charge in [-0.2, -0.15) is 0 Å². The summed E-state index contributed by atoms with van der Waals surface area (Å²) in [5.74, 6) is 0.827. The summed E-state index contributed by atoms with van der Waals surface area (Å²) in [5.41, 5.74) is 4.55. The highest BCUT2D eigenvalue weighted by atomic mass is 16.5. The number of aliphatic imine (C=N–C) groups is 1. The second kappa shape index (κ2) is 5.56. The molecule has 0 atom stereocenters. The summed E-state index contributed by atoms with van der Waals surface area (Å²) in [6, 6.07) is 11.8. The Kier molecular flexibility index (Phi) is 3.59. The van der Waals surface area contributed by atoms with Crippen molar-refractivity contribution in [3.05, 3.63) is 53.1 Å². The van der Waals surface area contributed by atoms with Crippen LogP contribution in [0.15, 0.2) is 41.4 Å². The lowest BCUT2D eigenvalue weighted by atomic mass is 10.1. The van der Waals surface area contributed by atoms with Crippen molar-refractivity contribution >= 4 is 22.8 Å². The van der Waals surface area contributed by atoms with Crippen LogP contribution in [0.2, 0.25) is 0 Å². The van der Waals surface area contributed by atoms with Gasteiger partial charge in [0.05, 0.1) is 12.7 Å². The Labute approximate surface area is 129 Å². The Morgan fingerprint density at radius 1 is 1.09 bits per heavy atom. The summed E-state index contributed by atoms with van der Waals surface area (Å²) < 4.78 is 5.32. The molecule has 3 aromatic rings. The van der Waals surface area contributed by atoms with Gasteiger partial charge in [-0.25, -0.2) is 0 Å². The van der Waals surface area contributed by atoms with E-state index in [0.717, 1.165) is 27.7 Å². The van der Waals surface area contributed by atoms with Crippen LogP contribution >= 0.6 is 0 Å². The number of nitrogens with zero attached hydrogens (tertiary/aromatic N) is 1. The topological polar surface area (TPSA) is 57.6 Å². The molecular formula is C18H18N2O2. The first-order chi connectivity index (χ1) is 10.6. The fourth-order valence-corrected chi connectivity index (χ4v) is 2.48. The van der Waals surface area contributed by atoms with Crippen molar-refractivity contribution in [3.63, 3.8) is 0 Å². The van der Waals surface area contributed by atoms with E-state index < -0.39 is 0 Å². The summed E-state index contributed by atoms with van der Waals surface area (Å²) in [6.45, 7) is 4.03. The first-order valence-corrected chi connectivity index (χ1v) is 7.08. The van der Waals surface area contributed by atoms with Crippen LogP contribution in [0.25, 0.3) is 10.9 Å². The Balaban J connectivity index is 2.08. The van der Waals surface area contributed by atoms with Crippen LogP contribution in [0, 0.1) is 13.8 Å². The van der Waals surface area contributed by atoms with Crippen molar-refractivity contribution in [1.29, 1.82) is 0 Å². The largest absolute Gasteiger partial charge is 0.494 e. The second-order valence-corrected chi connectivity index (χ2v) is 5.37. The zero-order chi connectivity index (χ0) is 15.7. The monoisotopic (exact) mass is 294 g/mol. The zero-order valence-corrected chi connectivity index (χ0v) is 12.8. The maximum Gasteiger partial charge on any atom is 0.198 e. The first kappa shape index (κ1) is 14.2. The highest BCUT2D eigenvalue weighted by molar-refractivity contribution is 6.03. The number of hydrogen-bond donors (Lipinski definition) is 2. The van der Waals surface area contributed by atoms with E-state index in [1.54, 1.807) is 13.3 Å². The molecule has 0 bridgehead atoms. The summed E-state index contributed by atoms with van der Waals surface area (Å²) in [5, 5.41) is 11.1. The third-order valence-corrected chi connectivity index (χ3v) is 3.64. The molecule has 1 aromatic heterocycles. The number of nitrogens with one attached hydrogen (secondary N) is 1. The molecule has 0 aliphatic rings. The van der Waals surface area contributed by atoms with E-state index in [2.05, 4.69) is 9.98 Å². The van der Waals surface area contributed by atoms with Gasteiger partial charge >= 0.3 is 0 Å². The predicted molar refractivity (Wildman–Crippen MR) is 89.7 cm³/mol. The number of aromatic nitrogens is 1. The molecule has 0 saturated heterocycles. The molecule has 0 amide bonds. The number of aromatic hydroxyl groups is 1. The molecule has 2 aromatic carbocycles. The molecule has 0 saturated carbocycles. The normalized spacial score (nSPS) is 11.4. The Bertz CT molecular complexity index is 863. The summed E-state index contributed by atoms with van der Waals surface area (Å²) in [4.78, 5) is 7.45. The van der Waals surface area contributed by atoms with Crippen molar-refractivity contribution < 1.29 is 9.84 Å². The number of hydrogen-bond acceptors (Lipinski definition) is 3. The van der Waals surface area contributed by atoms with Crippen LogP contribution in [0.1, 0.15) is 16.7 Å². The number of methoxy groups -OCH3 is 1. The lowest BCUT2D eigenvalue weighted by molar-refractivity contribution is 0.416. The molecule has 0 spiro atoms. The van der Waals surface area contributed by atoms with Gasteiger partial charge in [-0.05, 0) is 43.7 Å². The van der Waals surface area contributed by atoms with Crippen molar-refractivity contribution in [3.8, 4) is 11.6 Å². The maximum atomic E-state index is 10.1. The van der Waals surface area contributed by atoms with Crippen molar-refractivity contribution in [1.82, 2.24) is 4.98 Å². The van der Waals surface area contributed by atoms with Crippen LogP contribution in [-0.2, 0) is 0 Å². The van der Waals surface area contributed by atoms with E-state index >= 15 is 0 Å². The van der Waals surface area contributed by atoms with Gasteiger partial charge in [-0.3, -0.25) is 4.99 Å². The van der Waals surface area contributed by atoms with Gasteiger partial charge in [-0.1, -0.05) is 17.7 Å². The molecule has 1 heterocycles. The fourth-order valence-electron chi connectivity index (χ4n) is 2.48. The standard InChI is InChI=1S/C18H18N2O2/c1-11-4-6-15-13(8-11)14(18(21)20-15)10-19-16-9-12(2)5-7-17(16)22-3/h4-10,20-21H,1-3H3. The fraction of sp³-hybridized carbons (Fsp3) is 0.167. The van der Waals surface area contributed by atoms with Crippen molar-refractivity contribution in [2.75, 3.05) is 7.11 Å². The second-order valence-electron chi connectivity index (χ2n) is 5.37. The minimum Gasteiger partial charge on any atom is -0.494 e. The molecule has 0 radical (unpaired) electrons. The Morgan fingerprint density at radius 2 is 1.82 bits per heavy atom. The molecule has 3 rings (SSSR count). The van der Waals surface area contributed by atoms with E-state index in [4.69, 9.17) is 4.74 Å². The highest BCUT2D eigenvalue weighted by Crippen LogP contribution is 2.30. The van der Waals surface area contributed by atoms with E-state index in [-0.39, 0.29) is 5.88 Å². The maximum absolute atomic E-state index is 10.1. The molecule has 0 aliphatic carbocycles. The lowest BCUT2D eigenvalue weighted by Crippen LogP contribution is -1.85. The van der Waals surface area contributed by atoms with Crippen LogP contribution in [-0.4, -0.2) is 23.4 Å². The van der Waals surface area contributed by atoms with E-state index in [1.807, 2.05) is 50.2 Å². The molecule has 0 fully saturated rings. The number of rotatable bonds is 3. The SMILES string of the molecule is COc1ccc(C)cc1N=Cc1c(O)[nH]c2ccc(C)cc12. The van der Waals surface area contributed by atoms with Crippen LogP contribution in [0.3, 0.4) is 0 Å². The van der Waals surface area contributed by atoms with Crippen LogP contribution in [0.4, 0.5) is 5.69 Å². The van der Waals surface area contributed by atoms with Gasteiger partial charge in [0.2, 0.25) is 0 Å². The van der Waals surface area contributed by atoms with E-state index in [0.29, 0.717) is 11.3 Å². The molecule has 0 aliphatic heterocycles. The van der Waals surface area contributed by atoms with Gasteiger partial charge in [0.15, 0.2) is 5.88 Å². The number of ether oxygens (including phenoxy) is 1. The van der Waals surface area contributed by atoms with Crippen molar-refractivity contribution in [2.24, 2.45) is 4.99 Å². The van der Waals surface area contributed by atoms with E-state index in [1.165, 1.54) is 0 Å². The van der Waals surface area contributed by atoms with Crippen molar-refractivity contribution in [2.45, 2.75) is 13.8 Å².